The van der Waals surface area contributed by atoms with Crippen molar-refractivity contribution in [2.24, 2.45) is 0 Å². The van der Waals surface area contributed by atoms with Gasteiger partial charge in [0.05, 0.1) is 19.0 Å². The summed E-state index contributed by atoms with van der Waals surface area (Å²) in [5, 5.41) is 4.30. The molecule has 3 aromatic rings. The number of aromatic nitrogens is 2. The Morgan fingerprint density at radius 2 is 1.85 bits per heavy atom. The van der Waals surface area contributed by atoms with Gasteiger partial charge < -0.3 is 4.74 Å². The third-order valence-corrected chi connectivity index (χ3v) is 3.08. The zero-order chi connectivity index (χ0) is 13.9. The summed E-state index contributed by atoms with van der Waals surface area (Å²) in [5.74, 6) is 0.547. The SMILES string of the molecule is COc1ccc(-n2cc(-c3cccc(F)c3)cn2)cc1. The van der Waals surface area contributed by atoms with Gasteiger partial charge in [-0.3, -0.25) is 0 Å². The molecule has 20 heavy (non-hydrogen) atoms. The number of hydrogen-bond acceptors (Lipinski definition) is 2. The van der Waals surface area contributed by atoms with E-state index in [-0.39, 0.29) is 5.82 Å². The molecule has 0 spiro atoms. The quantitative estimate of drug-likeness (QED) is 0.724. The summed E-state index contributed by atoms with van der Waals surface area (Å²) in [7, 11) is 1.63. The average molecular weight is 268 g/mol. The van der Waals surface area contributed by atoms with Crippen LogP contribution < -0.4 is 4.74 Å². The number of rotatable bonds is 3. The van der Waals surface area contributed by atoms with Gasteiger partial charge in [-0.2, -0.15) is 5.10 Å². The van der Waals surface area contributed by atoms with Crippen molar-refractivity contribution in [3.05, 3.63) is 66.7 Å². The molecule has 4 heteroatoms. The number of methoxy groups -OCH3 is 1. The minimum Gasteiger partial charge on any atom is -0.497 e. The first kappa shape index (κ1) is 12.4. The largest absolute Gasteiger partial charge is 0.497 e. The van der Waals surface area contributed by atoms with Gasteiger partial charge in [-0.25, -0.2) is 9.07 Å². The van der Waals surface area contributed by atoms with E-state index in [0.29, 0.717) is 0 Å². The fourth-order valence-corrected chi connectivity index (χ4v) is 2.02. The van der Waals surface area contributed by atoms with Crippen LogP contribution in [0.1, 0.15) is 0 Å². The summed E-state index contributed by atoms with van der Waals surface area (Å²) in [5.41, 5.74) is 2.61. The fourth-order valence-electron chi connectivity index (χ4n) is 2.02. The summed E-state index contributed by atoms with van der Waals surface area (Å²) in [6.45, 7) is 0. The van der Waals surface area contributed by atoms with Gasteiger partial charge in [0.2, 0.25) is 0 Å². The molecule has 0 unspecified atom stereocenters. The second kappa shape index (κ2) is 5.17. The van der Waals surface area contributed by atoms with Crippen LogP contribution in [0.25, 0.3) is 16.8 Å². The van der Waals surface area contributed by atoms with Crippen LogP contribution >= 0.6 is 0 Å². The first-order valence-electron chi connectivity index (χ1n) is 6.21. The van der Waals surface area contributed by atoms with Gasteiger partial charge in [-0.1, -0.05) is 12.1 Å². The molecule has 0 N–H and O–H groups in total. The minimum atomic E-state index is -0.250. The lowest BCUT2D eigenvalue weighted by Gasteiger charge is -2.03. The van der Waals surface area contributed by atoms with Gasteiger partial charge in [-0.15, -0.1) is 0 Å². The Morgan fingerprint density at radius 1 is 1.05 bits per heavy atom. The van der Waals surface area contributed by atoms with Crippen molar-refractivity contribution in [2.45, 2.75) is 0 Å². The first-order chi connectivity index (χ1) is 9.76. The highest BCUT2D eigenvalue weighted by Gasteiger charge is 2.04. The van der Waals surface area contributed by atoms with Crippen molar-refractivity contribution < 1.29 is 9.13 Å². The number of ether oxygens (including phenoxy) is 1. The Kier molecular flexibility index (Phi) is 3.21. The van der Waals surface area contributed by atoms with Crippen LogP contribution in [0.2, 0.25) is 0 Å². The van der Waals surface area contributed by atoms with E-state index in [1.54, 1.807) is 24.1 Å². The molecule has 0 radical (unpaired) electrons. The molecule has 0 saturated heterocycles. The van der Waals surface area contributed by atoms with Crippen LogP contribution in [0.4, 0.5) is 4.39 Å². The van der Waals surface area contributed by atoms with Crippen LogP contribution in [-0.4, -0.2) is 16.9 Å². The van der Waals surface area contributed by atoms with Crippen LogP contribution in [0.15, 0.2) is 60.9 Å². The van der Waals surface area contributed by atoms with Crippen molar-refractivity contribution in [1.82, 2.24) is 9.78 Å². The zero-order valence-electron chi connectivity index (χ0n) is 11.0. The molecule has 0 bridgehead atoms. The van der Waals surface area contributed by atoms with E-state index < -0.39 is 0 Å². The van der Waals surface area contributed by atoms with E-state index >= 15 is 0 Å². The molecule has 1 aromatic heterocycles. The Labute approximate surface area is 116 Å². The summed E-state index contributed by atoms with van der Waals surface area (Å²) in [6.07, 6.45) is 3.59. The predicted molar refractivity (Wildman–Crippen MR) is 75.5 cm³/mol. The van der Waals surface area contributed by atoms with Gasteiger partial charge in [-0.05, 0) is 42.0 Å². The molecular weight excluding hydrogens is 255 g/mol. The monoisotopic (exact) mass is 268 g/mol. The molecule has 0 saturated carbocycles. The predicted octanol–water partition coefficient (Wildman–Crippen LogP) is 3.69. The topological polar surface area (TPSA) is 27.1 Å². The Morgan fingerprint density at radius 3 is 2.55 bits per heavy atom. The number of halogens is 1. The molecule has 0 atom stereocenters. The van der Waals surface area contributed by atoms with Crippen molar-refractivity contribution in [2.75, 3.05) is 7.11 Å². The molecule has 3 nitrogen and oxygen atoms in total. The van der Waals surface area contributed by atoms with E-state index in [2.05, 4.69) is 5.10 Å². The highest BCUT2D eigenvalue weighted by Crippen LogP contribution is 2.21. The number of benzene rings is 2. The van der Waals surface area contributed by atoms with E-state index in [0.717, 1.165) is 22.6 Å². The summed E-state index contributed by atoms with van der Waals surface area (Å²) >= 11 is 0. The summed E-state index contributed by atoms with van der Waals surface area (Å²) in [6, 6.07) is 14.1. The van der Waals surface area contributed by atoms with Crippen LogP contribution in [0.5, 0.6) is 5.75 Å². The highest BCUT2D eigenvalue weighted by atomic mass is 19.1. The van der Waals surface area contributed by atoms with E-state index in [4.69, 9.17) is 4.74 Å². The third-order valence-electron chi connectivity index (χ3n) is 3.08. The Hall–Kier alpha value is -2.62. The maximum Gasteiger partial charge on any atom is 0.123 e. The molecule has 0 aliphatic heterocycles. The van der Waals surface area contributed by atoms with Crippen LogP contribution in [-0.2, 0) is 0 Å². The second-order valence-electron chi connectivity index (χ2n) is 4.38. The second-order valence-corrected chi connectivity index (χ2v) is 4.38. The van der Waals surface area contributed by atoms with Crippen molar-refractivity contribution in [3.8, 4) is 22.6 Å². The van der Waals surface area contributed by atoms with Crippen LogP contribution in [0, 0.1) is 5.82 Å². The lowest BCUT2D eigenvalue weighted by Crippen LogP contribution is -1.93. The molecule has 0 fully saturated rings. The van der Waals surface area contributed by atoms with Gasteiger partial charge in [0.25, 0.3) is 0 Å². The van der Waals surface area contributed by atoms with E-state index in [9.17, 15) is 4.39 Å². The molecule has 0 aliphatic rings. The van der Waals surface area contributed by atoms with Crippen molar-refractivity contribution in [3.63, 3.8) is 0 Å². The van der Waals surface area contributed by atoms with Crippen LogP contribution in [0.3, 0.4) is 0 Å². The maximum absolute atomic E-state index is 13.2. The first-order valence-corrected chi connectivity index (χ1v) is 6.21. The fraction of sp³-hybridized carbons (Fsp3) is 0.0625. The molecule has 3 rings (SSSR count). The lowest BCUT2D eigenvalue weighted by atomic mass is 10.1. The molecule has 0 aliphatic carbocycles. The smallest absolute Gasteiger partial charge is 0.123 e. The minimum absolute atomic E-state index is 0.250. The zero-order valence-corrected chi connectivity index (χ0v) is 11.0. The van der Waals surface area contributed by atoms with Gasteiger partial charge in [0, 0.05) is 11.8 Å². The molecular formula is C16H13FN2O. The van der Waals surface area contributed by atoms with Crippen molar-refractivity contribution >= 4 is 0 Å². The normalized spacial score (nSPS) is 10.5. The summed E-state index contributed by atoms with van der Waals surface area (Å²) in [4.78, 5) is 0. The lowest BCUT2D eigenvalue weighted by molar-refractivity contribution is 0.414. The number of nitrogens with zero attached hydrogens (tertiary/aromatic N) is 2. The molecule has 0 amide bonds. The highest BCUT2D eigenvalue weighted by molar-refractivity contribution is 5.62. The van der Waals surface area contributed by atoms with Gasteiger partial charge in [0.1, 0.15) is 11.6 Å². The van der Waals surface area contributed by atoms with E-state index in [1.807, 2.05) is 36.5 Å². The maximum atomic E-state index is 13.2. The number of hydrogen-bond donors (Lipinski definition) is 0. The molecule has 1 heterocycles. The Bertz CT molecular complexity index is 719. The molecule has 2 aromatic carbocycles. The van der Waals surface area contributed by atoms with E-state index in [1.165, 1.54) is 12.1 Å². The Balaban J connectivity index is 1.93. The third kappa shape index (κ3) is 2.40. The van der Waals surface area contributed by atoms with Gasteiger partial charge >= 0.3 is 0 Å². The van der Waals surface area contributed by atoms with Gasteiger partial charge in [0.15, 0.2) is 0 Å². The standard InChI is InChI=1S/C16H13FN2O/c1-20-16-7-5-15(6-8-16)19-11-13(10-18-19)12-3-2-4-14(17)9-12/h2-11H,1H3. The van der Waals surface area contributed by atoms with Crippen molar-refractivity contribution in [1.29, 1.82) is 0 Å². The molecule has 100 valence electrons. The average Bonchev–Trinajstić information content (AvgIpc) is 2.97. The summed E-state index contributed by atoms with van der Waals surface area (Å²) < 4.78 is 20.1.